The van der Waals surface area contributed by atoms with Crippen molar-refractivity contribution in [1.29, 1.82) is 0 Å². The summed E-state index contributed by atoms with van der Waals surface area (Å²) in [5, 5.41) is 16.7. The van der Waals surface area contributed by atoms with E-state index in [1.165, 1.54) is 17.7 Å². The molecule has 6 heteroatoms. The van der Waals surface area contributed by atoms with Crippen LogP contribution in [-0.4, -0.2) is 16.9 Å². The molecule has 1 amide bonds. The van der Waals surface area contributed by atoms with E-state index in [4.69, 9.17) is 0 Å². The van der Waals surface area contributed by atoms with Gasteiger partial charge in [0, 0.05) is 11.8 Å². The van der Waals surface area contributed by atoms with Gasteiger partial charge in [-0.25, -0.2) is 0 Å². The topological polar surface area (TPSA) is 84.3 Å². The molecule has 2 N–H and O–H groups in total. The number of nitrogens with one attached hydrogen (secondary N) is 2. The molecule has 0 spiro atoms. The van der Waals surface area contributed by atoms with Crippen molar-refractivity contribution in [2.75, 3.05) is 10.6 Å². The fraction of sp³-hybridized carbons (Fsp3) is 0.235. The lowest BCUT2D eigenvalue weighted by molar-refractivity contribution is -0.383. The lowest BCUT2D eigenvalue weighted by Gasteiger charge is -2.16. The molecule has 23 heavy (non-hydrogen) atoms. The molecule has 0 heterocycles. The molecule has 0 aliphatic heterocycles. The van der Waals surface area contributed by atoms with Crippen LogP contribution in [0.5, 0.6) is 0 Å². The Labute approximate surface area is 134 Å². The van der Waals surface area contributed by atoms with Gasteiger partial charge in [0.2, 0.25) is 5.91 Å². The molecule has 0 bridgehead atoms. The summed E-state index contributed by atoms with van der Waals surface area (Å²) < 4.78 is 0. The van der Waals surface area contributed by atoms with Crippen molar-refractivity contribution in [2.24, 2.45) is 0 Å². The van der Waals surface area contributed by atoms with Gasteiger partial charge >= 0.3 is 0 Å². The Balaban J connectivity index is 2.07. The van der Waals surface area contributed by atoms with E-state index in [-0.39, 0.29) is 17.3 Å². The Morgan fingerprint density at radius 2 is 1.96 bits per heavy atom. The standard InChI is InChI=1S/C17H19N3O3/c1-3-13-7-6-8-14(11-13)18-12(2)17(21)19-15-9-4-5-10-16(15)20(22)23/h4-12,18H,3H2,1-2H3,(H,19,21)/t12-/m0/s1. The summed E-state index contributed by atoms with van der Waals surface area (Å²) in [5.41, 5.74) is 2.08. The number of carbonyl (C=O) groups excluding carboxylic acids is 1. The molecule has 0 aliphatic carbocycles. The second-order valence-corrected chi connectivity index (χ2v) is 5.18. The minimum Gasteiger partial charge on any atom is -0.374 e. The second-order valence-electron chi connectivity index (χ2n) is 5.18. The highest BCUT2D eigenvalue weighted by Crippen LogP contribution is 2.23. The average Bonchev–Trinajstić information content (AvgIpc) is 2.55. The highest BCUT2D eigenvalue weighted by atomic mass is 16.6. The number of hydrogen-bond donors (Lipinski definition) is 2. The van der Waals surface area contributed by atoms with Crippen LogP contribution in [0.4, 0.5) is 17.1 Å². The predicted molar refractivity (Wildman–Crippen MR) is 90.6 cm³/mol. The van der Waals surface area contributed by atoms with Gasteiger partial charge in [-0.2, -0.15) is 0 Å². The number of nitro groups is 1. The summed E-state index contributed by atoms with van der Waals surface area (Å²) in [6.07, 6.45) is 0.909. The van der Waals surface area contributed by atoms with E-state index in [9.17, 15) is 14.9 Å². The zero-order valence-electron chi connectivity index (χ0n) is 13.1. The SMILES string of the molecule is CCc1cccc(N[C@@H](C)C(=O)Nc2ccccc2[N+](=O)[O-])c1. The summed E-state index contributed by atoms with van der Waals surface area (Å²) in [5.74, 6) is -0.332. The fourth-order valence-electron chi connectivity index (χ4n) is 2.18. The number of aryl methyl sites for hydroxylation is 1. The van der Waals surface area contributed by atoms with E-state index in [1.807, 2.05) is 24.3 Å². The van der Waals surface area contributed by atoms with Crippen LogP contribution < -0.4 is 10.6 Å². The van der Waals surface area contributed by atoms with E-state index in [2.05, 4.69) is 17.6 Å². The summed E-state index contributed by atoms with van der Waals surface area (Å²) in [4.78, 5) is 22.7. The first-order valence-electron chi connectivity index (χ1n) is 7.41. The number of hydrogen-bond acceptors (Lipinski definition) is 4. The molecule has 0 saturated carbocycles. The zero-order valence-corrected chi connectivity index (χ0v) is 13.1. The summed E-state index contributed by atoms with van der Waals surface area (Å²) >= 11 is 0. The van der Waals surface area contributed by atoms with Crippen molar-refractivity contribution in [3.05, 3.63) is 64.2 Å². The molecule has 0 unspecified atom stereocenters. The molecule has 2 aromatic rings. The van der Waals surface area contributed by atoms with Crippen LogP contribution in [-0.2, 0) is 11.2 Å². The molecule has 2 aromatic carbocycles. The summed E-state index contributed by atoms with van der Waals surface area (Å²) in [7, 11) is 0. The maximum Gasteiger partial charge on any atom is 0.292 e. The fourth-order valence-corrected chi connectivity index (χ4v) is 2.18. The number of benzene rings is 2. The predicted octanol–water partition coefficient (Wildman–Crippen LogP) is 3.60. The average molecular weight is 313 g/mol. The monoisotopic (exact) mass is 313 g/mol. The van der Waals surface area contributed by atoms with E-state index in [0.29, 0.717) is 0 Å². The molecule has 120 valence electrons. The van der Waals surface area contributed by atoms with Crippen molar-refractivity contribution in [3.63, 3.8) is 0 Å². The first-order valence-corrected chi connectivity index (χ1v) is 7.41. The van der Waals surface area contributed by atoms with Crippen LogP contribution in [0.25, 0.3) is 0 Å². The van der Waals surface area contributed by atoms with Crippen molar-refractivity contribution < 1.29 is 9.72 Å². The molecular weight excluding hydrogens is 294 g/mol. The number of carbonyl (C=O) groups is 1. The lowest BCUT2D eigenvalue weighted by Crippen LogP contribution is -2.32. The van der Waals surface area contributed by atoms with Crippen LogP contribution in [0.3, 0.4) is 0 Å². The Hall–Kier alpha value is -2.89. The highest BCUT2D eigenvalue weighted by Gasteiger charge is 2.18. The molecule has 2 rings (SSSR count). The van der Waals surface area contributed by atoms with Gasteiger partial charge in [0.15, 0.2) is 0 Å². The number of rotatable bonds is 6. The Morgan fingerprint density at radius 3 is 2.65 bits per heavy atom. The molecule has 6 nitrogen and oxygen atoms in total. The van der Waals surface area contributed by atoms with Crippen LogP contribution in [0, 0.1) is 10.1 Å². The van der Waals surface area contributed by atoms with E-state index >= 15 is 0 Å². The molecule has 0 aromatic heterocycles. The highest BCUT2D eigenvalue weighted by molar-refractivity contribution is 5.97. The quantitative estimate of drug-likeness (QED) is 0.630. The Kier molecular flexibility index (Phi) is 5.30. The van der Waals surface area contributed by atoms with Gasteiger partial charge in [0.05, 0.1) is 4.92 Å². The van der Waals surface area contributed by atoms with Gasteiger partial charge in [-0.3, -0.25) is 14.9 Å². The first kappa shape index (κ1) is 16.5. The van der Waals surface area contributed by atoms with Crippen LogP contribution in [0.15, 0.2) is 48.5 Å². The summed E-state index contributed by atoms with van der Waals surface area (Å²) in [6, 6.07) is 13.4. The smallest absolute Gasteiger partial charge is 0.292 e. The van der Waals surface area contributed by atoms with Crippen molar-refractivity contribution in [3.8, 4) is 0 Å². The maximum absolute atomic E-state index is 12.2. The van der Waals surface area contributed by atoms with Gasteiger partial charge in [0.25, 0.3) is 5.69 Å². The molecule has 0 aliphatic rings. The van der Waals surface area contributed by atoms with Gasteiger partial charge in [-0.15, -0.1) is 0 Å². The van der Waals surface area contributed by atoms with Crippen LogP contribution >= 0.6 is 0 Å². The number of amides is 1. The lowest BCUT2D eigenvalue weighted by atomic mass is 10.1. The minimum atomic E-state index is -0.526. The maximum atomic E-state index is 12.2. The normalized spacial score (nSPS) is 11.6. The van der Waals surface area contributed by atoms with Crippen LogP contribution in [0.1, 0.15) is 19.4 Å². The Morgan fingerprint density at radius 1 is 1.22 bits per heavy atom. The summed E-state index contributed by atoms with van der Waals surface area (Å²) in [6.45, 7) is 3.77. The second kappa shape index (κ2) is 7.40. The largest absolute Gasteiger partial charge is 0.374 e. The van der Waals surface area contributed by atoms with E-state index < -0.39 is 11.0 Å². The van der Waals surface area contributed by atoms with Gasteiger partial charge in [0.1, 0.15) is 11.7 Å². The molecule has 0 fully saturated rings. The number of anilines is 2. The zero-order chi connectivity index (χ0) is 16.8. The van der Waals surface area contributed by atoms with E-state index in [0.717, 1.165) is 12.1 Å². The number of para-hydroxylation sites is 2. The van der Waals surface area contributed by atoms with E-state index in [1.54, 1.807) is 19.1 Å². The third-order valence-electron chi connectivity index (χ3n) is 3.47. The van der Waals surface area contributed by atoms with Gasteiger partial charge in [-0.05, 0) is 37.1 Å². The number of nitrogens with zero attached hydrogens (tertiary/aromatic N) is 1. The van der Waals surface area contributed by atoms with Crippen molar-refractivity contribution in [1.82, 2.24) is 0 Å². The third kappa shape index (κ3) is 4.29. The van der Waals surface area contributed by atoms with Crippen molar-refractivity contribution >= 4 is 23.0 Å². The molecular formula is C17H19N3O3. The van der Waals surface area contributed by atoms with Gasteiger partial charge in [-0.1, -0.05) is 31.2 Å². The van der Waals surface area contributed by atoms with Gasteiger partial charge < -0.3 is 10.6 Å². The van der Waals surface area contributed by atoms with Crippen LogP contribution in [0.2, 0.25) is 0 Å². The molecule has 1 atom stereocenters. The third-order valence-corrected chi connectivity index (χ3v) is 3.47. The Bertz CT molecular complexity index is 716. The molecule has 0 saturated heterocycles. The minimum absolute atomic E-state index is 0.124. The molecule has 0 radical (unpaired) electrons. The number of nitro benzene ring substituents is 1. The first-order chi connectivity index (χ1) is 11.0. The van der Waals surface area contributed by atoms with Crippen molar-refractivity contribution in [2.45, 2.75) is 26.3 Å².